The zero-order valence-electron chi connectivity index (χ0n) is 11.0. The van der Waals surface area contributed by atoms with E-state index in [-0.39, 0.29) is 11.9 Å². The molecule has 2 aromatic rings. The molecule has 0 bridgehead atoms. The van der Waals surface area contributed by atoms with Crippen LogP contribution in [0.1, 0.15) is 30.8 Å². The third kappa shape index (κ3) is 3.04. The molecule has 0 radical (unpaired) electrons. The van der Waals surface area contributed by atoms with E-state index in [4.69, 9.17) is 0 Å². The molecule has 0 aliphatic rings. The number of nitrogens with zero attached hydrogens (tertiary/aromatic N) is 2. The van der Waals surface area contributed by atoms with Crippen molar-refractivity contribution < 1.29 is 4.39 Å². The van der Waals surface area contributed by atoms with Crippen LogP contribution in [0.5, 0.6) is 0 Å². The Hall–Kier alpha value is -1.20. The van der Waals surface area contributed by atoms with Crippen molar-refractivity contribution in [3.63, 3.8) is 0 Å². The van der Waals surface area contributed by atoms with Gasteiger partial charge in [-0.1, -0.05) is 28.9 Å². The maximum Gasteiger partial charge on any atom is 0.130 e. The Kier molecular flexibility index (Phi) is 4.71. The van der Waals surface area contributed by atoms with Crippen LogP contribution in [-0.2, 0) is 6.54 Å². The van der Waals surface area contributed by atoms with Crippen LogP contribution >= 0.6 is 15.9 Å². The number of halogens is 2. The van der Waals surface area contributed by atoms with E-state index < -0.39 is 0 Å². The van der Waals surface area contributed by atoms with E-state index in [0.29, 0.717) is 0 Å². The monoisotopic (exact) mass is 325 g/mol. The molecule has 1 unspecified atom stereocenters. The molecule has 0 spiro atoms. The van der Waals surface area contributed by atoms with Gasteiger partial charge in [0.15, 0.2) is 0 Å². The van der Waals surface area contributed by atoms with Gasteiger partial charge in [0.2, 0.25) is 0 Å². The largest absolute Gasteiger partial charge is 0.333 e. The molecule has 1 atom stereocenters. The lowest BCUT2D eigenvalue weighted by Gasteiger charge is -2.19. The fraction of sp³-hybridized carbons (Fsp3) is 0.357. The van der Waals surface area contributed by atoms with Crippen LogP contribution in [0.3, 0.4) is 0 Å². The lowest BCUT2D eigenvalue weighted by Crippen LogP contribution is -2.22. The summed E-state index contributed by atoms with van der Waals surface area (Å²) in [5, 5.41) is 3.24. The first-order valence-corrected chi connectivity index (χ1v) is 7.10. The molecule has 1 N–H and O–H groups in total. The summed E-state index contributed by atoms with van der Waals surface area (Å²) in [5.41, 5.74) is 0.979. The highest BCUT2D eigenvalue weighted by Gasteiger charge is 2.19. The average molecular weight is 326 g/mol. The van der Waals surface area contributed by atoms with Crippen molar-refractivity contribution in [2.75, 3.05) is 7.05 Å². The van der Waals surface area contributed by atoms with Crippen molar-refractivity contribution >= 4 is 15.9 Å². The summed E-state index contributed by atoms with van der Waals surface area (Å²) in [5.74, 6) is 0.694. The normalized spacial score (nSPS) is 12.6. The fourth-order valence-electron chi connectivity index (χ4n) is 2.17. The first-order chi connectivity index (χ1) is 9.17. The van der Waals surface area contributed by atoms with Gasteiger partial charge in [0.25, 0.3) is 0 Å². The molecule has 0 saturated carbocycles. The molecular formula is C14H17BrFN3. The predicted molar refractivity (Wildman–Crippen MR) is 77.5 cm³/mol. The molecule has 0 aliphatic carbocycles. The van der Waals surface area contributed by atoms with Gasteiger partial charge in [-0.25, -0.2) is 9.37 Å². The second kappa shape index (κ2) is 6.30. The van der Waals surface area contributed by atoms with Crippen molar-refractivity contribution in [3.8, 4) is 0 Å². The van der Waals surface area contributed by atoms with E-state index in [1.54, 1.807) is 12.3 Å². The summed E-state index contributed by atoms with van der Waals surface area (Å²) < 4.78 is 16.1. The van der Waals surface area contributed by atoms with E-state index >= 15 is 0 Å². The molecule has 1 aromatic carbocycles. The molecule has 1 aromatic heterocycles. The van der Waals surface area contributed by atoms with Gasteiger partial charge in [-0.2, -0.15) is 0 Å². The Morgan fingerprint density at radius 1 is 1.47 bits per heavy atom. The maximum absolute atomic E-state index is 13.2. The lowest BCUT2D eigenvalue weighted by molar-refractivity contribution is 0.564. The van der Waals surface area contributed by atoms with Crippen molar-refractivity contribution in [2.45, 2.75) is 25.9 Å². The molecule has 0 aliphatic heterocycles. The van der Waals surface area contributed by atoms with Crippen molar-refractivity contribution in [1.82, 2.24) is 14.9 Å². The minimum atomic E-state index is -0.248. The number of hydrogen-bond acceptors (Lipinski definition) is 2. The average Bonchev–Trinajstić information content (AvgIpc) is 2.82. The first kappa shape index (κ1) is 14.2. The Bertz CT molecular complexity index is 553. The summed E-state index contributed by atoms with van der Waals surface area (Å²) in [7, 11) is 1.88. The van der Waals surface area contributed by atoms with Crippen LogP contribution in [0.4, 0.5) is 4.39 Å². The first-order valence-electron chi connectivity index (χ1n) is 6.30. The zero-order valence-corrected chi connectivity index (χ0v) is 12.6. The van der Waals surface area contributed by atoms with Crippen LogP contribution in [0.15, 0.2) is 35.1 Å². The van der Waals surface area contributed by atoms with Gasteiger partial charge in [-0.3, -0.25) is 0 Å². The van der Waals surface area contributed by atoms with Crippen LogP contribution < -0.4 is 5.32 Å². The van der Waals surface area contributed by atoms with Gasteiger partial charge in [0.1, 0.15) is 11.6 Å². The van der Waals surface area contributed by atoms with E-state index in [2.05, 4.69) is 37.7 Å². The van der Waals surface area contributed by atoms with Crippen LogP contribution in [0.2, 0.25) is 0 Å². The molecule has 0 saturated heterocycles. The molecule has 1 heterocycles. The topological polar surface area (TPSA) is 29.9 Å². The minimum Gasteiger partial charge on any atom is -0.333 e. The SMILES string of the molecule is CCCn1ccnc1C(NC)c1ccc(F)cc1Br. The lowest BCUT2D eigenvalue weighted by atomic mass is 10.1. The number of benzene rings is 1. The predicted octanol–water partition coefficient (Wildman–Crippen LogP) is 3.50. The molecule has 102 valence electrons. The highest BCUT2D eigenvalue weighted by Crippen LogP contribution is 2.28. The molecule has 2 rings (SSSR count). The third-order valence-electron chi connectivity index (χ3n) is 3.03. The van der Waals surface area contributed by atoms with E-state index in [0.717, 1.165) is 28.8 Å². The smallest absolute Gasteiger partial charge is 0.130 e. The molecule has 0 amide bonds. The van der Waals surface area contributed by atoms with E-state index in [9.17, 15) is 4.39 Å². The van der Waals surface area contributed by atoms with Crippen molar-refractivity contribution in [1.29, 1.82) is 0 Å². The molecule has 0 fully saturated rings. The summed E-state index contributed by atoms with van der Waals surface area (Å²) in [6.07, 6.45) is 4.82. The molecular weight excluding hydrogens is 309 g/mol. The van der Waals surface area contributed by atoms with Gasteiger partial charge in [0, 0.05) is 23.4 Å². The van der Waals surface area contributed by atoms with Gasteiger partial charge >= 0.3 is 0 Å². The van der Waals surface area contributed by atoms with Crippen molar-refractivity contribution in [2.24, 2.45) is 0 Å². The van der Waals surface area contributed by atoms with E-state index in [1.165, 1.54) is 12.1 Å². The minimum absolute atomic E-state index is 0.0588. The highest BCUT2D eigenvalue weighted by atomic mass is 79.9. The number of aromatic nitrogens is 2. The van der Waals surface area contributed by atoms with Crippen LogP contribution in [-0.4, -0.2) is 16.6 Å². The Morgan fingerprint density at radius 2 is 2.26 bits per heavy atom. The van der Waals surface area contributed by atoms with Crippen LogP contribution in [0.25, 0.3) is 0 Å². The fourth-order valence-corrected chi connectivity index (χ4v) is 2.75. The van der Waals surface area contributed by atoms with Crippen LogP contribution in [0, 0.1) is 5.82 Å². The van der Waals surface area contributed by atoms with Gasteiger partial charge in [-0.05, 0) is 31.2 Å². The second-order valence-electron chi connectivity index (χ2n) is 4.37. The van der Waals surface area contributed by atoms with Gasteiger partial charge in [0.05, 0.1) is 6.04 Å². The second-order valence-corrected chi connectivity index (χ2v) is 5.22. The Labute approximate surface area is 121 Å². The summed E-state index contributed by atoms with van der Waals surface area (Å²) in [4.78, 5) is 4.43. The molecule has 5 heteroatoms. The maximum atomic E-state index is 13.2. The Balaban J connectivity index is 2.41. The number of hydrogen-bond donors (Lipinski definition) is 1. The van der Waals surface area contributed by atoms with Gasteiger partial charge in [-0.15, -0.1) is 0 Å². The number of imidazole rings is 1. The molecule has 19 heavy (non-hydrogen) atoms. The van der Waals surface area contributed by atoms with Gasteiger partial charge < -0.3 is 9.88 Å². The summed E-state index contributed by atoms with van der Waals surface area (Å²) >= 11 is 3.42. The third-order valence-corrected chi connectivity index (χ3v) is 3.72. The van der Waals surface area contributed by atoms with Crippen molar-refractivity contribution in [3.05, 3.63) is 52.3 Å². The summed E-state index contributed by atoms with van der Waals surface area (Å²) in [6, 6.07) is 4.67. The quantitative estimate of drug-likeness (QED) is 0.911. The number of rotatable bonds is 5. The van der Waals surface area contributed by atoms with E-state index in [1.807, 2.05) is 13.2 Å². The summed E-state index contributed by atoms with van der Waals surface area (Å²) in [6.45, 7) is 3.05. The highest BCUT2D eigenvalue weighted by molar-refractivity contribution is 9.10. The number of aryl methyl sites for hydroxylation is 1. The Morgan fingerprint density at radius 3 is 2.89 bits per heavy atom. The molecule has 3 nitrogen and oxygen atoms in total. The zero-order chi connectivity index (χ0) is 13.8. The number of nitrogens with one attached hydrogen (secondary N) is 1. The standard InChI is InChI=1S/C14H17BrFN3/c1-3-7-19-8-6-18-14(19)13(17-2)11-5-4-10(16)9-12(11)15/h4-6,8-9,13,17H,3,7H2,1-2H3.